The molecule has 2 aromatic heterocycles. The second kappa shape index (κ2) is 5.81. The summed E-state index contributed by atoms with van der Waals surface area (Å²) in [6.07, 6.45) is 0. The highest BCUT2D eigenvalue weighted by Gasteiger charge is 2.10. The van der Waals surface area contributed by atoms with Gasteiger partial charge in [0.1, 0.15) is 5.82 Å². The van der Waals surface area contributed by atoms with E-state index in [1.807, 2.05) is 12.1 Å². The van der Waals surface area contributed by atoms with Gasteiger partial charge in [0.15, 0.2) is 5.65 Å². The van der Waals surface area contributed by atoms with Crippen LogP contribution in [0.25, 0.3) is 16.9 Å². The Hall–Kier alpha value is -1.95. The van der Waals surface area contributed by atoms with Crippen molar-refractivity contribution in [2.45, 2.75) is 19.0 Å². The predicted octanol–water partition coefficient (Wildman–Crippen LogP) is 3.68. The Morgan fingerprint density at radius 3 is 2.57 bits per heavy atom. The van der Waals surface area contributed by atoms with Crippen LogP contribution in [0.5, 0.6) is 0 Å². The van der Waals surface area contributed by atoms with Crippen molar-refractivity contribution < 1.29 is 4.39 Å². The Morgan fingerprint density at radius 1 is 1.10 bits per heavy atom. The number of aromatic nitrogens is 4. The van der Waals surface area contributed by atoms with Crippen LogP contribution in [0, 0.1) is 11.7 Å². The van der Waals surface area contributed by atoms with Crippen molar-refractivity contribution in [1.29, 1.82) is 0 Å². The maximum atomic E-state index is 13.0. The van der Waals surface area contributed by atoms with Gasteiger partial charge in [-0.3, -0.25) is 0 Å². The zero-order chi connectivity index (χ0) is 14.8. The number of fused-ring (bicyclic) bond motifs is 1. The summed E-state index contributed by atoms with van der Waals surface area (Å²) in [6.45, 7) is 4.32. The molecule has 0 N–H and O–H groups in total. The van der Waals surface area contributed by atoms with Crippen molar-refractivity contribution in [1.82, 2.24) is 19.8 Å². The van der Waals surface area contributed by atoms with Gasteiger partial charge in [-0.05, 0) is 42.3 Å². The fraction of sp³-hybridized carbons (Fsp3) is 0.267. The molecule has 3 rings (SSSR count). The van der Waals surface area contributed by atoms with Crippen molar-refractivity contribution >= 4 is 17.4 Å². The van der Waals surface area contributed by atoms with E-state index in [-0.39, 0.29) is 5.82 Å². The van der Waals surface area contributed by atoms with Gasteiger partial charge in [0.05, 0.1) is 5.69 Å². The lowest BCUT2D eigenvalue weighted by atomic mass is 10.1. The molecule has 0 amide bonds. The van der Waals surface area contributed by atoms with Crippen molar-refractivity contribution in [3.05, 3.63) is 42.2 Å². The van der Waals surface area contributed by atoms with Crippen LogP contribution in [0.2, 0.25) is 0 Å². The van der Waals surface area contributed by atoms with Crippen LogP contribution in [-0.4, -0.2) is 25.6 Å². The highest BCUT2D eigenvalue weighted by atomic mass is 32.2. The summed E-state index contributed by atoms with van der Waals surface area (Å²) < 4.78 is 14.7. The molecule has 1 aromatic carbocycles. The molecular formula is C15H15FN4S. The van der Waals surface area contributed by atoms with Crippen LogP contribution in [0.4, 0.5) is 4.39 Å². The highest BCUT2D eigenvalue weighted by molar-refractivity contribution is 7.99. The smallest absolute Gasteiger partial charge is 0.207 e. The zero-order valence-corrected chi connectivity index (χ0v) is 12.6. The molecule has 0 unspecified atom stereocenters. The second-order valence-corrected chi connectivity index (χ2v) is 6.17. The van der Waals surface area contributed by atoms with Crippen molar-refractivity contribution in [2.24, 2.45) is 5.92 Å². The SMILES string of the molecule is CC(C)CSc1nnc2ccc(-c3ccc(F)cc3)nn12. The minimum absolute atomic E-state index is 0.252. The van der Waals surface area contributed by atoms with Gasteiger partial charge in [-0.15, -0.1) is 10.2 Å². The normalized spacial score (nSPS) is 11.4. The van der Waals surface area contributed by atoms with Crippen LogP contribution in [0.1, 0.15) is 13.8 Å². The summed E-state index contributed by atoms with van der Waals surface area (Å²) in [4.78, 5) is 0. The Morgan fingerprint density at radius 2 is 1.86 bits per heavy atom. The van der Waals surface area contributed by atoms with Crippen LogP contribution in [-0.2, 0) is 0 Å². The molecule has 0 radical (unpaired) electrons. The average Bonchev–Trinajstić information content (AvgIpc) is 2.88. The summed E-state index contributed by atoms with van der Waals surface area (Å²) in [5, 5.41) is 13.6. The lowest BCUT2D eigenvalue weighted by Crippen LogP contribution is -1.98. The van der Waals surface area contributed by atoms with E-state index >= 15 is 0 Å². The molecule has 0 atom stereocenters. The van der Waals surface area contributed by atoms with E-state index in [4.69, 9.17) is 0 Å². The molecule has 21 heavy (non-hydrogen) atoms. The molecule has 2 heterocycles. The van der Waals surface area contributed by atoms with Gasteiger partial charge >= 0.3 is 0 Å². The summed E-state index contributed by atoms with van der Waals surface area (Å²) in [7, 11) is 0. The molecule has 0 fully saturated rings. The zero-order valence-electron chi connectivity index (χ0n) is 11.8. The largest absolute Gasteiger partial charge is 0.212 e. The number of hydrogen-bond donors (Lipinski definition) is 0. The molecular weight excluding hydrogens is 287 g/mol. The Kier molecular flexibility index (Phi) is 3.88. The molecule has 3 aromatic rings. The van der Waals surface area contributed by atoms with Gasteiger partial charge in [-0.1, -0.05) is 25.6 Å². The summed E-state index contributed by atoms with van der Waals surface area (Å²) in [6, 6.07) is 10.0. The van der Waals surface area contributed by atoms with Gasteiger partial charge in [0.2, 0.25) is 5.16 Å². The first kappa shape index (κ1) is 14.0. The fourth-order valence-corrected chi connectivity index (χ4v) is 2.71. The first-order valence-electron chi connectivity index (χ1n) is 6.74. The number of rotatable bonds is 4. The number of hydrogen-bond acceptors (Lipinski definition) is 4. The molecule has 0 saturated carbocycles. The van der Waals surface area contributed by atoms with Crippen LogP contribution < -0.4 is 0 Å². The highest BCUT2D eigenvalue weighted by Crippen LogP contribution is 2.22. The fourth-order valence-electron chi connectivity index (χ4n) is 1.88. The predicted molar refractivity (Wildman–Crippen MR) is 81.7 cm³/mol. The minimum Gasteiger partial charge on any atom is -0.207 e. The van der Waals surface area contributed by atoms with Gasteiger partial charge in [0, 0.05) is 11.3 Å². The molecule has 108 valence electrons. The van der Waals surface area contributed by atoms with E-state index in [2.05, 4.69) is 29.1 Å². The third-order valence-electron chi connectivity index (χ3n) is 2.92. The summed E-state index contributed by atoms with van der Waals surface area (Å²) in [5.74, 6) is 1.28. The lowest BCUT2D eigenvalue weighted by molar-refractivity contribution is 0.628. The molecule has 6 heteroatoms. The third-order valence-corrected chi connectivity index (χ3v) is 4.27. The van der Waals surface area contributed by atoms with Gasteiger partial charge in [-0.2, -0.15) is 9.61 Å². The van der Waals surface area contributed by atoms with E-state index in [1.54, 1.807) is 28.4 Å². The quantitative estimate of drug-likeness (QED) is 0.690. The van der Waals surface area contributed by atoms with Gasteiger partial charge < -0.3 is 0 Å². The molecule has 0 aliphatic rings. The number of benzene rings is 1. The van der Waals surface area contributed by atoms with E-state index in [0.717, 1.165) is 22.2 Å². The molecule has 0 saturated heterocycles. The standard InChI is InChI=1S/C15H15FN4S/c1-10(2)9-21-15-18-17-14-8-7-13(19-20(14)15)11-3-5-12(16)6-4-11/h3-8,10H,9H2,1-2H3. The first-order valence-corrected chi connectivity index (χ1v) is 7.73. The minimum atomic E-state index is -0.252. The number of nitrogens with zero attached hydrogens (tertiary/aromatic N) is 4. The second-order valence-electron chi connectivity index (χ2n) is 5.18. The van der Waals surface area contributed by atoms with Crippen molar-refractivity contribution in [3.63, 3.8) is 0 Å². The summed E-state index contributed by atoms with van der Waals surface area (Å²) in [5.41, 5.74) is 2.35. The van der Waals surface area contributed by atoms with Crippen LogP contribution in [0.15, 0.2) is 41.6 Å². The maximum absolute atomic E-state index is 13.0. The van der Waals surface area contributed by atoms with E-state index in [1.165, 1.54) is 12.1 Å². The van der Waals surface area contributed by atoms with Gasteiger partial charge in [0.25, 0.3) is 0 Å². The molecule has 0 spiro atoms. The topological polar surface area (TPSA) is 43.1 Å². The summed E-state index contributed by atoms with van der Waals surface area (Å²) >= 11 is 1.64. The lowest BCUT2D eigenvalue weighted by Gasteiger charge is -2.04. The van der Waals surface area contributed by atoms with Gasteiger partial charge in [-0.25, -0.2) is 4.39 Å². The Balaban J connectivity index is 1.98. The Bertz CT molecular complexity index is 752. The van der Waals surface area contributed by atoms with Crippen LogP contribution >= 0.6 is 11.8 Å². The number of thioether (sulfide) groups is 1. The van der Waals surface area contributed by atoms with Crippen molar-refractivity contribution in [2.75, 3.05) is 5.75 Å². The van der Waals surface area contributed by atoms with E-state index in [0.29, 0.717) is 11.6 Å². The molecule has 0 aliphatic heterocycles. The maximum Gasteiger partial charge on any atom is 0.212 e. The van der Waals surface area contributed by atoms with Crippen LogP contribution in [0.3, 0.4) is 0 Å². The molecule has 0 aliphatic carbocycles. The average molecular weight is 302 g/mol. The van der Waals surface area contributed by atoms with E-state index in [9.17, 15) is 4.39 Å². The van der Waals surface area contributed by atoms with Crippen molar-refractivity contribution in [3.8, 4) is 11.3 Å². The number of halogens is 1. The third kappa shape index (κ3) is 3.05. The van der Waals surface area contributed by atoms with E-state index < -0.39 is 0 Å². The Labute approximate surface area is 126 Å². The first-order chi connectivity index (χ1) is 10.1. The molecule has 0 bridgehead atoms. The monoisotopic (exact) mass is 302 g/mol. The molecule has 4 nitrogen and oxygen atoms in total.